The number of amides is 1. The number of carbonyl (C=O) groups is 2. The number of benzene rings is 1. The van der Waals surface area contributed by atoms with Crippen LogP contribution in [0.2, 0.25) is 0 Å². The molecule has 6 heteroatoms. The van der Waals surface area contributed by atoms with E-state index >= 15 is 0 Å². The average molecular weight is 347 g/mol. The number of Topliss-reactive ketones (excluding diaryl/α,β-unsaturated/α-hetero) is 1. The molecule has 0 fully saturated rings. The van der Waals surface area contributed by atoms with Crippen LogP contribution in [0, 0.1) is 0 Å². The summed E-state index contributed by atoms with van der Waals surface area (Å²) in [5.74, 6) is 1.53. The number of carbonyl (C=O) groups excluding carboxylic acids is 2. The Kier molecular flexibility index (Phi) is 7.29. The summed E-state index contributed by atoms with van der Waals surface area (Å²) in [4.78, 5) is 24.3. The molecule has 0 saturated heterocycles. The van der Waals surface area contributed by atoms with E-state index in [-0.39, 0.29) is 11.7 Å². The Morgan fingerprint density at radius 2 is 1.83 bits per heavy atom. The van der Waals surface area contributed by atoms with E-state index < -0.39 is 0 Å². The van der Waals surface area contributed by atoms with Crippen molar-refractivity contribution in [2.45, 2.75) is 19.3 Å². The lowest BCUT2D eigenvalue weighted by molar-refractivity contribution is -0.121. The first kappa shape index (κ1) is 18.0. The van der Waals surface area contributed by atoms with Gasteiger partial charge in [0.25, 0.3) is 0 Å². The Morgan fingerprint density at radius 1 is 1.08 bits per heavy atom. The average Bonchev–Trinajstić information content (AvgIpc) is 3.14. The third kappa shape index (κ3) is 6.04. The second-order valence-corrected chi connectivity index (χ2v) is 6.08. The molecule has 1 aromatic carbocycles. The number of ether oxygens (including phenoxy) is 2. The van der Waals surface area contributed by atoms with Gasteiger partial charge in [0.15, 0.2) is 5.78 Å². The molecule has 128 valence electrons. The molecule has 1 aromatic heterocycles. The first-order valence-corrected chi connectivity index (χ1v) is 8.67. The first-order chi connectivity index (χ1) is 11.7. The highest BCUT2D eigenvalue weighted by molar-refractivity contribution is 7.12. The van der Waals surface area contributed by atoms with Crippen molar-refractivity contribution in [3.63, 3.8) is 0 Å². The van der Waals surface area contributed by atoms with Gasteiger partial charge in [-0.3, -0.25) is 9.59 Å². The molecule has 0 spiro atoms. The zero-order valence-electron chi connectivity index (χ0n) is 13.6. The van der Waals surface area contributed by atoms with Gasteiger partial charge in [0.1, 0.15) is 18.1 Å². The minimum Gasteiger partial charge on any atom is -0.497 e. The van der Waals surface area contributed by atoms with Crippen molar-refractivity contribution in [3.05, 3.63) is 46.7 Å². The van der Waals surface area contributed by atoms with E-state index in [9.17, 15) is 9.59 Å². The third-order valence-corrected chi connectivity index (χ3v) is 4.27. The number of methoxy groups -OCH3 is 1. The first-order valence-electron chi connectivity index (χ1n) is 7.79. The SMILES string of the molecule is COc1ccc(OCCNC(=O)CCCC(=O)c2cccs2)cc1. The minimum absolute atomic E-state index is 0.0627. The summed E-state index contributed by atoms with van der Waals surface area (Å²) in [6.07, 6.45) is 1.30. The molecule has 2 rings (SSSR count). The topological polar surface area (TPSA) is 64.6 Å². The fourth-order valence-corrected chi connectivity index (χ4v) is 2.78. The van der Waals surface area contributed by atoms with Gasteiger partial charge in [-0.05, 0) is 42.1 Å². The largest absolute Gasteiger partial charge is 0.497 e. The van der Waals surface area contributed by atoms with E-state index in [0.717, 1.165) is 16.4 Å². The molecular formula is C18H21NO4S. The van der Waals surface area contributed by atoms with E-state index in [1.54, 1.807) is 7.11 Å². The van der Waals surface area contributed by atoms with Crippen molar-refractivity contribution in [3.8, 4) is 11.5 Å². The zero-order valence-corrected chi connectivity index (χ0v) is 14.4. The van der Waals surface area contributed by atoms with Crippen LogP contribution < -0.4 is 14.8 Å². The van der Waals surface area contributed by atoms with Gasteiger partial charge in [-0.2, -0.15) is 0 Å². The molecule has 0 aliphatic heterocycles. The molecule has 2 aromatic rings. The Morgan fingerprint density at radius 3 is 2.50 bits per heavy atom. The van der Waals surface area contributed by atoms with Gasteiger partial charge in [0.05, 0.1) is 18.5 Å². The van der Waals surface area contributed by atoms with Gasteiger partial charge in [-0.25, -0.2) is 0 Å². The monoisotopic (exact) mass is 347 g/mol. The maximum absolute atomic E-state index is 11.8. The maximum Gasteiger partial charge on any atom is 0.220 e. The second kappa shape index (κ2) is 9.72. The number of hydrogen-bond acceptors (Lipinski definition) is 5. The lowest BCUT2D eigenvalue weighted by Crippen LogP contribution is -2.27. The Hall–Kier alpha value is -2.34. The molecule has 0 aliphatic rings. The molecule has 5 nitrogen and oxygen atoms in total. The number of nitrogens with one attached hydrogen (secondary N) is 1. The van der Waals surface area contributed by atoms with Gasteiger partial charge in [0, 0.05) is 12.8 Å². The van der Waals surface area contributed by atoms with Crippen LogP contribution in [-0.4, -0.2) is 32.0 Å². The second-order valence-electron chi connectivity index (χ2n) is 5.13. The quantitative estimate of drug-likeness (QED) is 0.529. The van der Waals surface area contributed by atoms with Gasteiger partial charge < -0.3 is 14.8 Å². The summed E-state index contributed by atoms with van der Waals surface area (Å²) in [5.41, 5.74) is 0. The van der Waals surface area contributed by atoms with Crippen LogP contribution >= 0.6 is 11.3 Å². The van der Waals surface area contributed by atoms with Crippen LogP contribution in [0.15, 0.2) is 41.8 Å². The Bertz CT molecular complexity index is 638. The summed E-state index contributed by atoms with van der Waals surface area (Å²) in [5, 5.41) is 4.66. The molecule has 1 amide bonds. The standard InChI is InChI=1S/C18H21NO4S/c1-22-14-7-9-15(10-8-14)23-12-11-19-18(21)6-2-4-16(20)17-5-3-13-24-17/h3,5,7-10,13H,2,4,6,11-12H2,1H3,(H,19,21). The predicted octanol–water partition coefficient (Wildman–Crippen LogP) is 3.30. The summed E-state index contributed by atoms with van der Waals surface area (Å²) in [6, 6.07) is 10.9. The Labute approximate surface area is 145 Å². The van der Waals surface area contributed by atoms with Crippen molar-refractivity contribution < 1.29 is 19.1 Å². The number of rotatable bonds is 10. The molecule has 0 bridgehead atoms. The van der Waals surface area contributed by atoms with E-state index in [0.29, 0.717) is 32.4 Å². The van der Waals surface area contributed by atoms with Crippen LogP contribution in [0.1, 0.15) is 28.9 Å². The molecule has 0 unspecified atom stereocenters. The van der Waals surface area contributed by atoms with Crippen LogP contribution in [0.4, 0.5) is 0 Å². The molecule has 0 aliphatic carbocycles. The minimum atomic E-state index is -0.0627. The lowest BCUT2D eigenvalue weighted by Gasteiger charge is -2.08. The van der Waals surface area contributed by atoms with Crippen molar-refractivity contribution >= 4 is 23.0 Å². The van der Waals surface area contributed by atoms with Gasteiger partial charge in [0.2, 0.25) is 5.91 Å². The van der Waals surface area contributed by atoms with E-state index in [1.807, 2.05) is 41.8 Å². The summed E-state index contributed by atoms with van der Waals surface area (Å²) >= 11 is 1.43. The van der Waals surface area contributed by atoms with E-state index in [4.69, 9.17) is 9.47 Å². The highest BCUT2D eigenvalue weighted by Gasteiger charge is 2.08. The molecule has 24 heavy (non-hydrogen) atoms. The Balaban J connectivity index is 1.55. The predicted molar refractivity (Wildman–Crippen MR) is 94.0 cm³/mol. The number of thiophene rings is 1. The van der Waals surface area contributed by atoms with Crippen molar-refractivity contribution in [2.75, 3.05) is 20.3 Å². The van der Waals surface area contributed by atoms with Crippen molar-refractivity contribution in [1.82, 2.24) is 5.32 Å². The van der Waals surface area contributed by atoms with Crippen molar-refractivity contribution in [2.24, 2.45) is 0 Å². The van der Waals surface area contributed by atoms with Crippen LogP contribution in [0.25, 0.3) is 0 Å². The van der Waals surface area contributed by atoms with E-state index in [2.05, 4.69) is 5.32 Å². The lowest BCUT2D eigenvalue weighted by atomic mass is 10.1. The van der Waals surface area contributed by atoms with Gasteiger partial charge >= 0.3 is 0 Å². The summed E-state index contributed by atoms with van der Waals surface area (Å²) in [6.45, 7) is 0.829. The maximum atomic E-state index is 11.8. The normalized spacial score (nSPS) is 10.2. The number of ketones is 1. The fraction of sp³-hybridized carbons (Fsp3) is 0.333. The molecule has 0 saturated carbocycles. The number of hydrogen-bond donors (Lipinski definition) is 1. The molecule has 0 radical (unpaired) electrons. The highest BCUT2D eigenvalue weighted by atomic mass is 32.1. The fourth-order valence-electron chi connectivity index (χ4n) is 2.09. The zero-order chi connectivity index (χ0) is 17.2. The van der Waals surface area contributed by atoms with Gasteiger partial charge in [-0.15, -0.1) is 11.3 Å². The van der Waals surface area contributed by atoms with E-state index in [1.165, 1.54) is 11.3 Å². The molecular weight excluding hydrogens is 326 g/mol. The smallest absolute Gasteiger partial charge is 0.220 e. The highest BCUT2D eigenvalue weighted by Crippen LogP contribution is 2.16. The van der Waals surface area contributed by atoms with Crippen LogP contribution in [0.5, 0.6) is 11.5 Å². The van der Waals surface area contributed by atoms with Crippen molar-refractivity contribution in [1.29, 1.82) is 0 Å². The molecule has 1 heterocycles. The molecule has 0 atom stereocenters. The van der Waals surface area contributed by atoms with Crippen LogP contribution in [0.3, 0.4) is 0 Å². The summed E-state index contributed by atoms with van der Waals surface area (Å²) < 4.78 is 10.6. The van der Waals surface area contributed by atoms with Gasteiger partial charge in [-0.1, -0.05) is 6.07 Å². The third-order valence-electron chi connectivity index (χ3n) is 3.36. The molecule has 1 N–H and O–H groups in total. The van der Waals surface area contributed by atoms with Crippen LogP contribution in [-0.2, 0) is 4.79 Å². The summed E-state index contributed by atoms with van der Waals surface area (Å²) in [7, 11) is 1.61.